The summed E-state index contributed by atoms with van der Waals surface area (Å²) >= 11 is 0. The highest BCUT2D eigenvalue weighted by Crippen LogP contribution is 2.36. The van der Waals surface area contributed by atoms with Crippen molar-refractivity contribution in [2.24, 2.45) is 0 Å². The average molecular weight is 241 g/mol. The summed E-state index contributed by atoms with van der Waals surface area (Å²) in [6.07, 6.45) is 0.917. The highest BCUT2D eigenvalue weighted by atomic mass is 16.5. The molecule has 0 saturated carbocycles. The number of aldehydes is 1. The zero-order valence-corrected chi connectivity index (χ0v) is 10.5. The minimum atomic E-state index is 0.176. The molecular formula is C15H15NO2. The molecule has 1 atom stereocenters. The number of aromatic nitrogens is 1. The normalized spacial score (nSPS) is 17.3. The van der Waals surface area contributed by atoms with Gasteiger partial charge < -0.3 is 9.30 Å². The zero-order chi connectivity index (χ0) is 12.7. The minimum absolute atomic E-state index is 0.176. The first-order valence-corrected chi connectivity index (χ1v) is 6.07. The van der Waals surface area contributed by atoms with Crippen molar-refractivity contribution in [1.82, 2.24) is 4.57 Å². The van der Waals surface area contributed by atoms with Crippen LogP contribution in [-0.4, -0.2) is 17.5 Å². The third-order valence-corrected chi connectivity index (χ3v) is 3.64. The highest BCUT2D eigenvalue weighted by Gasteiger charge is 2.27. The van der Waals surface area contributed by atoms with Crippen molar-refractivity contribution in [2.75, 3.05) is 6.61 Å². The number of rotatable bonds is 2. The SMILES string of the molecule is Cc1cc(C=O)c(C)n1C1COc2ccccc21. The highest BCUT2D eigenvalue weighted by molar-refractivity contribution is 5.77. The predicted molar refractivity (Wildman–Crippen MR) is 69.4 cm³/mol. The maximum atomic E-state index is 11.0. The lowest BCUT2D eigenvalue weighted by Gasteiger charge is -2.16. The second kappa shape index (κ2) is 4.02. The van der Waals surface area contributed by atoms with Crippen LogP contribution in [0.15, 0.2) is 30.3 Å². The topological polar surface area (TPSA) is 31.2 Å². The van der Waals surface area contributed by atoms with Gasteiger partial charge >= 0.3 is 0 Å². The molecule has 3 rings (SSSR count). The quantitative estimate of drug-likeness (QED) is 0.757. The standard InChI is InChI=1S/C15H15NO2/c1-10-7-12(8-17)11(2)16(10)14-9-18-15-6-4-3-5-13(14)15/h3-8,14H,9H2,1-2H3. The molecule has 2 heterocycles. The molecule has 0 amide bonds. The number of benzene rings is 1. The Morgan fingerprint density at radius 1 is 1.33 bits per heavy atom. The molecular weight excluding hydrogens is 226 g/mol. The van der Waals surface area contributed by atoms with Crippen LogP contribution in [0.3, 0.4) is 0 Å². The summed E-state index contributed by atoms with van der Waals surface area (Å²) in [5.41, 5.74) is 4.06. The van der Waals surface area contributed by atoms with Gasteiger partial charge in [0, 0.05) is 22.5 Å². The number of carbonyl (C=O) groups excluding carboxylic acids is 1. The second-order valence-electron chi connectivity index (χ2n) is 4.68. The van der Waals surface area contributed by atoms with Gasteiger partial charge in [-0.15, -0.1) is 0 Å². The molecule has 0 radical (unpaired) electrons. The van der Waals surface area contributed by atoms with Crippen molar-refractivity contribution in [3.8, 4) is 5.75 Å². The summed E-state index contributed by atoms with van der Waals surface area (Å²) < 4.78 is 7.90. The lowest BCUT2D eigenvalue weighted by Crippen LogP contribution is -2.15. The van der Waals surface area contributed by atoms with Gasteiger partial charge in [0.1, 0.15) is 12.4 Å². The Morgan fingerprint density at radius 3 is 2.83 bits per heavy atom. The van der Waals surface area contributed by atoms with E-state index in [1.54, 1.807) is 0 Å². The largest absolute Gasteiger partial charge is 0.491 e. The van der Waals surface area contributed by atoms with E-state index in [4.69, 9.17) is 4.74 Å². The van der Waals surface area contributed by atoms with E-state index in [9.17, 15) is 4.79 Å². The maximum Gasteiger partial charge on any atom is 0.151 e. The van der Waals surface area contributed by atoms with Crippen molar-refractivity contribution in [3.05, 3.63) is 52.8 Å². The van der Waals surface area contributed by atoms with Gasteiger partial charge in [-0.3, -0.25) is 4.79 Å². The number of carbonyl (C=O) groups is 1. The number of para-hydroxylation sites is 1. The van der Waals surface area contributed by atoms with E-state index < -0.39 is 0 Å². The van der Waals surface area contributed by atoms with Crippen LogP contribution >= 0.6 is 0 Å². The van der Waals surface area contributed by atoms with Crippen molar-refractivity contribution in [2.45, 2.75) is 19.9 Å². The van der Waals surface area contributed by atoms with Crippen LogP contribution in [-0.2, 0) is 0 Å². The lowest BCUT2D eigenvalue weighted by molar-refractivity contribution is 0.112. The zero-order valence-electron chi connectivity index (χ0n) is 10.5. The molecule has 1 aliphatic rings. The fraction of sp³-hybridized carbons (Fsp3) is 0.267. The third kappa shape index (κ3) is 1.47. The third-order valence-electron chi connectivity index (χ3n) is 3.64. The van der Waals surface area contributed by atoms with E-state index in [2.05, 4.69) is 10.6 Å². The Hall–Kier alpha value is -2.03. The Kier molecular flexibility index (Phi) is 2.47. The van der Waals surface area contributed by atoms with Crippen molar-refractivity contribution >= 4 is 6.29 Å². The lowest BCUT2D eigenvalue weighted by atomic mass is 10.1. The number of hydrogen-bond donors (Lipinski definition) is 0. The second-order valence-corrected chi connectivity index (χ2v) is 4.68. The van der Waals surface area contributed by atoms with Gasteiger partial charge in [0.2, 0.25) is 0 Å². The van der Waals surface area contributed by atoms with Crippen LogP contribution in [0.2, 0.25) is 0 Å². The van der Waals surface area contributed by atoms with E-state index in [0.29, 0.717) is 6.61 Å². The number of nitrogens with zero attached hydrogens (tertiary/aromatic N) is 1. The molecule has 1 unspecified atom stereocenters. The fourth-order valence-electron chi connectivity index (χ4n) is 2.76. The Bertz CT molecular complexity index is 613. The van der Waals surface area contributed by atoms with Gasteiger partial charge in [-0.2, -0.15) is 0 Å². The first kappa shape index (κ1) is 11.1. The van der Waals surface area contributed by atoms with Gasteiger partial charge in [0.25, 0.3) is 0 Å². The van der Waals surface area contributed by atoms with E-state index in [1.807, 2.05) is 38.1 Å². The summed E-state index contributed by atoms with van der Waals surface area (Å²) in [6, 6.07) is 10.2. The molecule has 0 fully saturated rings. The molecule has 2 aromatic rings. The molecule has 0 spiro atoms. The molecule has 92 valence electrons. The molecule has 3 nitrogen and oxygen atoms in total. The van der Waals surface area contributed by atoms with Crippen molar-refractivity contribution < 1.29 is 9.53 Å². The van der Waals surface area contributed by atoms with Crippen LogP contribution in [0.5, 0.6) is 5.75 Å². The van der Waals surface area contributed by atoms with Crippen molar-refractivity contribution in [3.63, 3.8) is 0 Å². The number of fused-ring (bicyclic) bond motifs is 1. The van der Waals surface area contributed by atoms with Crippen LogP contribution in [0, 0.1) is 13.8 Å². The molecule has 1 aliphatic heterocycles. The van der Waals surface area contributed by atoms with E-state index in [0.717, 1.165) is 29.0 Å². The van der Waals surface area contributed by atoms with Gasteiger partial charge in [-0.1, -0.05) is 18.2 Å². The summed E-state index contributed by atoms with van der Waals surface area (Å²) in [4.78, 5) is 11.0. The molecule has 0 N–H and O–H groups in total. The molecule has 0 bridgehead atoms. The van der Waals surface area contributed by atoms with Crippen LogP contribution in [0.4, 0.5) is 0 Å². The number of aryl methyl sites for hydroxylation is 1. The predicted octanol–water partition coefficient (Wildman–Crippen LogP) is 2.90. The Balaban J connectivity index is 2.13. The molecule has 0 saturated heterocycles. The number of hydrogen-bond acceptors (Lipinski definition) is 2. The molecule has 0 aliphatic carbocycles. The van der Waals surface area contributed by atoms with Gasteiger partial charge in [-0.25, -0.2) is 0 Å². The first-order chi connectivity index (χ1) is 8.72. The van der Waals surface area contributed by atoms with Gasteiger partial charge in [0.15, 0.2) is 6.29 Å². The summed E-state index contributed by atoms with van der Waals surface area (Å²) in [6.45, 7) is 4.65. The monoisotopic (exact) mass is 241 g/mol. The average Bonchev–Trinajstić information content (AvgIpc) is 2.91. The Labute approximate surface area is 106 Å². The van der Waals surface area contributed by atoms with Crippen LogP contribution < -0.4 is 4.74 Å². The van der Waals surface area contributed by atoms with Crippen molar-refractivity contribution in [1.29, 1.82) is 0 Å². The van der Waals surface area contributed by atoms with E-state index >= 15 is 0 Å². The molecule has 1 aromatic heterocycles. The fourth-order valence-corrected chi connectivity index (χ4v) is 2.76. The molecule has 18 heavy (non-hydrogen) atoms. The number of ether oxygens (including phenoxy) is 1. The maximum absolute atomic E-state index is 11.0. The van der Waals surface area contributed by atoms with Gasteiger partial charge in [-0.05, 0) is 26.0 Å². The Morgan fingerprint density at radius 2 is 2.11 bits per heavy atom. The first-order valence-electron chi connectivity index (χ1n) is 6.07. The van der Waals surface area contributed by atoms with Crippen LogP contribution in [0.25, 0.3) is 0 Å². The summed E-state index contributed by atoms with van der Waals surface area (Å²) in [7, 11) is 0. The summed E-state index contributed by atoms with van der Waals surface area (Å²) in [5.74, 6) is 0.947. The van der Waals surface area contributed by atoms with E-state index in [1.165, 1.54) is 5.56 Å². The molecule has 1 aromatic carbocycles. The molecule has 3 heteroatoms. The summed E-state index contributed by atoms with van der Waals surface area (Å²) in [5, 5.41) is 0. The minimum Gasteiger partial charge on any atom is -0.491 e. The van der Waals surface area contributed by atoms with E-state index in [-0.39, 0.29) is 6.04 Å². The smallest absolute Gasteiger partial charge is 0.151 e. The van der Waals surface area contributed by atoms with Crippen LogP contribution in [0.1, 0.15) is 33.4 Å². The van der Waals surface area contributed by atoms with Gasteiger partial charge in [0.05, 0.1) is 6.04 Å².